The Morgan fingerprint density at radius 2 is 1.77 bits per heavy atom. The Hall–Kier alpha value is -2.08. The number of rotatable bonds is 7. The van der Waals surface area contributed by atoms with Crippen molar-refractivity contribution in [1.29, 1.82) is 0 Å². The number of carboxylic acid groups (broad SMARTS) is 1. The number of urea groups is 1. The van der Waals surface area contributed by atoms with E-state index in [1.807, 2.05) is 37.3 Å². The zero-order valence-electron chi connectivity index (χ0n) is 15.6. The van der Waals surface area contributed by atoms with Gasteiger partial charge < -0.3 is 20.4 Å². The molecule has 1 aliphatic rings. The van der Waals surface area contributed by atoms with Crippen molar-refractivity contribution in [1.82, 2.24) is 10.2 Å². The van der Waals surface area contributed by atoms with Gasteiger partial charge in [0.1, 0.15) is 0 Å². The van der Waals surface area contributed by atoms with Gasteiger partial charge in [-0.2, -0.15) is 0 Å². The van der Waals surface area contributed by atoms with Gasteiger partial charge in [-0.05, 0) is 44.1 Å². The van der Waals surface area contributed by atoms with Gasteiger partial charge >= 0.3 is 12.0 Å². The molecule has 1 aromatic carbocycles. The van der Waals surface area contributed by atoms with Crippen LogP contribution >= 0.6 is 0 Å². The number of aliphatic hydroxyl groups excluding tert-OH is 1. The third kappa shape index (κ3) is 5.46. The van der Waals surface area contributed by atoms with Gasteiger partial charge in [-0.1, -0.05) is 37.3 Å². The Morgan fingerprint density at radius 1 is 1.15 bits per heavy atom. The van der Waals surface area contributed by atoms with Crippen molar-refractivity contribution in [3.8, 4) is 0 Å². The molecular weight excluding hydrogens is 332 g/mol. The van der Waals surface area contributed by atoms with Gasteiger partial charge in [0, 0.05) is 12.6 Å². The van der Waals surface area contributed by atoms with Crippen LogP contribution in [0.25, 0.3) is 0 Å². The number of nitrogens with zero attached hydrogens (tertiary/aromatic N) is 1. The smallest absolute Gasteiger partial charge is 0.317 e. The first-order chi connectivity index (χ1) is 12.4. The molecule has 2 atom stereocenters. The van der Waals surface area contributed by atoms with Crippen molar-refractivity contribution in [2.45, 2.75) is 57.5 Å². The summed E-state index contributed by atoms with van der Waals surface area (Å²) in [6.45, 7) is 4.32. The van der Waals surface area contributed by atoms with E-state index in [9.17, 15) is 14.7 Å². The summed E-state index contributed by atoms with van der Waals surface area (Å²) in [7, 11) is 0. The second-order valence-electron chi connectivity index (χ2n) is 7.33. The topological polar surface area (TPSA) is 89.9 Å². The maximum Gasteiger partial charge on any atom is 0.317 e. The van der Waals surface area contributed by atoms with Crippen molar-refractivity contribution < 1.29 is 19.8 Å². The highest BCUT2D eigenvalue weighted by atomic mass is 16.4. The third-order valence-corrected chi connectivity index (χ3v) is 5.30. The minimum atomic E-state index is -0.748. The zero-order chi connectivity index (χ0) is 19.1. The van der Waals surface area contributed by atoms with E-state index in [0.29, 0.717) is 32.2 Å². The van der Waals surface area contributed by atoms with E-state index in [-0.39, 0.29) is 36.6 Å². The largest absolute Gasteiger partial charge is 0.481 e. The number of hydrogen-bond acceptors (Lipinski definition) is 3. The molecule has 3 N–H and O–H groups in total. The highest BCUT2D eigenvalue weighted by Crippen LogP contribution is 2.25. The van der Waals surface area contributed by atoms with Crippen LogP contribution < -0.4 is 5.32 Å². The number of carbonyl (C=O) groups is 2. The summed E-state index contributed by atoms with van der Waals surface area (Å²) in [6.07, 6.45) is 2.54. The van der Waals surface area contributed by atoms with Gasteiger partial charge in [0.2, 0.25) is 0 Å². The van der Waals surface area contributed by atoms with Gasteiger partial charge in [-0.3, -0.25) is 4.79 Å². The lowest BCUT2D eigenvalue weighted by atomic mass is 9.86. The van der Waals surface area contributed by atoms with Crippen molar-refractivity contribution in [3.05, 3.63) is 35.9 Å². The first-order valence-corrected chi connectivity index (χ1v) is 9.38. The lowest BCUT2D eigenvalue weighted by Crippen LogP contribution is -2.51. The summed E-state index contributed by atoms with van der Waals surface area (Å²) >= 11 is 0. The molecule has 0 spiro atoms. The van der Waals surface area contributed by atoms with Crippen LogP contribution in [0.15, 0.2) is 30.3 Å². The number of benzene rings is 1. The second kappa shape index (κ2) is 9.57. The molecule has 0 heterocycles. The van der Waals surface area contributed by atoms with Crippen molar-refractivity contribution in [3.63, 3.8) is 0 Å². The predicted octanol–water partition coefficient (Wildman–Crippen LogP) is 2.83. The van der Waals surface area contributed by atoms with Crippen LogP contribution in [0.1, 0.15) is 51.0 Å². The number of carbonyl (C=O) groups excluding carboxylic acids is 1. The lowest BCUT2D eigenvalue weighted by molar-refractivity contribution is -0.142. The molecule has 0 saturated heterocycles. The Bertz CT molecular complexity index is 585. The lowest BCUT2D eigenvalue weighted by Gasteiger charge is -2.34. The van der Waals surface area contributed by atoms with Crippen molar-refractivity contribution in [2.75, 3.05) is 13.2 Å². The molecule has 0 radical (unpaired) electrons. The fraction of sp³-hybridized carbons (Fsp3) is 0.600. The highest BCUT2D eigenvalue weighted by molar-refractivity contribution is 5.75. The number of aliphatic hydroxyl groups is 1. The third-order valence-electron chi connectivity index (χ3n) is 5.30. The van der Waals surface area contributed by atoms with E-state index in [4.69, 9.17) is 5.11 Å². The Labute approximate surface area is 155 Å². The number of aliphatic carboxylic acids is 1. The summed E-state index contributed by atoms with van der Waals surface area (Å²) in [5.41, 5.74) is 1.15. The van der Waals surface area contributed by atoms with Gasteiger partial charge in [-0.15, -0.1) is 0 Å². The number of hydrogen-bond donors (Lipinski definition) is 3. The molecule has 6 heteroatoms. The van der Waals surface area contributed by atoms with Crippen LogP contribution in [0.2, 0.25) is 0 Å². The van der Waals surface area contributed by atoms with Crippen LogP contribution in [0.4, 0.5) is 4.79 Å². The maximum atomic E-state index is 12.8. The summed E-state index contributed by atoms with van der Waals surface area (Å²) in [5, 5.41) is 21.7. The minimum Gasteiger partial charge on any atom is -0.481 e. The molecule has 144 valence electrons. The molecular formula is C20H30N2O4. The monoisotopic (exact) mass is 362 g/mol. The first-order valence-electron chi connectivity index (χ1n) is 9.38. The van der Waals surface area contributed by atoms with Gasteiger partial charge in [0.05, 0.1) is 18.6 Å². The fourth-order valence-electron chi connectivity index (χ4n) is 3.49. The quantitative estimate of drug-likeness (QED) is 0.696. The standard InChI is InChI=1S/C20H30N2O4/c1-14(16-6-4-3-5-7-16)12-22(15(2)13-23)20(26)21-18-10-8-17(9-11-18)19(24)25/h3-7,14-15,17-18,23H,8-13H2,1-2H3,(H,21,26)(H,24,25)/t14?,15-,17?,18?/m0/s1. The number of carboxylic acids is 1. The van der Waals surface area contributed by atoms with Crippen LogP contribution in [0.3, 0.4) is 0 Å². The second-order valence-corrected chi connectivity index (χ2v) is 7.33. The first kappa shape index (κ1) is 20.2. The van der Waals surface area contributed by atoms with Crippen LogP contribution in [0.5, 0.6) is 0 Å². The van der Waals surface area contributed by atoms with E-state index < -0.39 is 5.97 Å². The fourth-order valence-corrected chi connectivity index (χ4v) is 3.49. The van der Waals surface area contributed by atoms with Crippen LogP contribution in [0, 0.1) is 5.92 Å². The number of amides is 2. The Morgan fingerprint density at radius 3 is 2.31 bits per heavy atom. The molecule has 0 aromatic heterocycles. The zero-order valence-corrected chi connectivity index (χ0v) is 15.6. The molecule has 0 bridgehead atoms. The average molecular weight is 362 g/mol. The van der Waals surface area contributed by atoms with E-state index in [2.05, 4.69) is 12.2 Å². The molecule has 1 aliphatic carbocycles. The molecule has 1 saturated carbocycles. The predicted molar refractivity (Wildman–Crippen MR) is 100 cm³/mol. The Balaban J connectivity index is 1.96. The van der Waals surface area contributed by atoms with Gasteiger partial charge in [-0.25, -0.2) is 4.79 Å². The molecule has 0 aliphatic heterocycles. The molecule has 1 unspecified atom stereocenters. The average Bonchev–Trinajstić information content (AvgIpc) is 2.66. The SMILES string of the molecule is CC(CN(C(=O)NC1CCC(C(=O)O)CC1)[C@@H](C)CO)c1ccccc1. The molecule has 6 nitrogen and oxygen atoms in total. The maximum absolute atomic E-state index is 12.8. The van der Waals surface area contributed by atoms with E-state index >= 15 is 0 Å². The molecule has 1 aromatic rings. The van der Waals surface area contributed by atoms with Crippen molar-refractivity contribution in [2.24, 2.45) is 5.92 Å². The highest BCUT2D eigenvalue weighted by Gasteiger charge is 2.29. The van der Waals surface area contributed by atoms with Gasteiger partial charge in [0.15, 0.2) is 0 Å². The molecule has 26 heavy (non-hydrogen) atoms. The van der Waals surface area contributed by atoms with Crippen molar-refractivity contribution >= 4 is 12.0 Å². The minimum absolute atomic E-state index is 0.00137. The summed E-state index contributed by atoms with van der Waals surface area (Å²) in [4.78, 5) is 25.5. The molecule has 1 fully saturated rings. The van der Waals surface area contributed by atoms with Crippen LogP contribution in [-0.4, -0.2) is 52.3 Å². The molecule has 2 rings (SSSR count). The summed E-state index contributed by atoms with van der Waals surface area (Å²) in [5.74, 6) is -0.894. The molecule has 2 amide bonds. The summed E-state index contributed by atoms with van der Waals surface area (Å²) in [6, 6.07) is 9.53. The number of nitrogens with one attached hydrogen (secondary N) is 1. The van der Waals surface area contributed by atoms with E-state index in [1.54, 1.807) is 4.90 Å². The van der Waals surface area contributed by atoms with E-state index in [0.717, 1.165) is 5.56 Å². The normalized spacial score (nSPS) is 22.3. The summed E-state index contributed by atoms with van der Waals surface area (Å²) < 4.78 is 0. The Kier molecular flexibility index (Phi) is 7.45. The van der Waals surface area contributed by atoms with E-state index in [1.165, 1.54) is 0 Å². The van der Waals surface area contributed by atoms with Crippen LogP contribution in [-0.2, 0) is 4.79 Å². The van der Waals surface area contributed by atoms with Gasteiger partial charge in [0.25, 0.3) is 0 Å².